The van der Waals surface area contributed by atoms with Crippen molar-refractivity contribution in [3.63, 3.8) is 0 Å². The smallest absolute Gasteiger partial charge is 0.113 e. The van der Waals surface area contributed by atoms with Crippen LogP contribution in [0.15, 0.2) is 4.99 Å². The van der Waals surface area contributed by atoms with E-state index in [-0.39, 0.29) is 10.9 Å². The van der Waals surface area contributed by atoms with Gasteiger partial charge in [-0.15, -0.1) is 0 Å². The number of halogens is 1. The molecule has 4 fully saturated rings. The fraction of sp³-hybridized carbons (Fsp3) is 0.846. The van der Waals surface area contributed by atoms with E-state index in [9.17, 15) is 5.11 Å². The topological polar surface area (TPSA) is 82.5 Å². The molecule has 0 radical (unpaired) electrons. The molecule has 4 aliphatic carbocycles. The zero-order chi connectivity index (χ0) is 12.9. The second-order valence-corrected chi connectivity index (χ2v) is 7.29. The standard InChI is InChI=1S/C13H20BrN3O/c14-10(6-15)12(16)17-11-8-1-7-2-9(11)5-13(18,3-7)4-8/h6-11,15,18H,1-5H2,(H2,16,17). The Kier molecular flexibility index (Phi) is 3.01. The van der Waals surface area contributed by atoms with Crippen molar-refractivity contribution in [3.05, 3.63) is 0 Å². The molecule has 3 atom stereocenters. The number of alkyl halides is 1. The van der Waals surface area contributed by atoms with Crippen LogP contribution in [-0.4, -0.2) is 33.6 Å². The molecule has 0 spiro atoms. The number of hydrogen-bond acceptors (Lipinski definition) is 3. The van der Waals surface area contributed by atoms with Crippen molar-refractivity contribution in [1.29, 1.82) is 5.41 Å². The van der Waals surface area contributed by atoms with E-state index in [2.05, 4.69) is 20.9 Å². The summed E-state index contributed by atoms with van der Waals surface area (Å²) in [7, 11) is 0. The maximum absolute atomic E-state index is 10.5. The van der Waals surface area contributed by atoms with Crippen LogP contribution in [0.4, 0.5) is 0 Å². The zero-order valence-corrected chi connectivity index (χ0v) is 11.9. The summed E-state index contributed by atoms with van der Waals surface area (Å²) in [5.41, 5.74) is 5.52. The Hall–Kier alpha value is -0.420. The molecule has 4 N–H and O–H groups in total. The third-order valence-electron chi connectivity index (χ3n) is 4.92. The van der Waals surface area contributed by atoms with E-state index in [1.54, 1.807) is 0 Å². The molecule has 3 unspecified atom stereocenters. The largest absolute Gasteiger partial charge is 0.390 e. The SMILES string of the molecule is N=CC(Br)C(N)=NC1C2CC3CC1CC(O)(C3)C2. The number of amidine groups is 1. The number of nitrogens with one attached hydrogen (secondary N) is 1. The molecule has 4 bridgehead atoms. The second kappa shape index (κ2) is 4.30. The normalized spacial score (nSPS) is 48.2. The molecule has 0 saturated heterocycles. The average Bonchev–Trinajstić information content (AvgIpc) is 2.30. The van der Waals surface area contributed by atoms with E-state index >= 15 is 0 Å². The van der Waals surface area contributed by atoms with Gasteiger partial charge in [0.05, 0.1) is 11.6 Å². The van der Waals surface area contributed by atoms with Crippen LogP contribution in [0.1, 0.15) is 32.1 Å². The maximum Gasteiger partial charge on any atom is 0.113 e. The van der Waals surface area contributed by atoms with Gasteiger partial charge in [0, 0.05) is 6.21 Å². The lowest BCUT2D eigenvalue weighted by Crippen LogP contribution is -2.56. The number of hydrogen-bond donors (Lipinski definition) is 3. The van der Waals surface area contributed by atoms with Crippen LogP contribution in [0.2, 0.25) is 0 Å². The van der Waals surface area contributed by atoms with Crippen molar-refractivity contribution in [3.8, 4) is 0 Å². The summed E-state index contributed by atoms with van der Waals surface area (Å²) in [6.45, 7) is 0. The Bertz CT molecular complexity index is 382. The summed E-state index contributed by atoms with van der Waals surface area (Å²) < 4.78 is 0. The van der Waals surface area contributed by atoms with E-state index in [1.807, 2.05) is 0 Å². The molecule has 0 aromatic heterocycles. The first kappa shape index (κ1) is 12.6. The molecule has 4 saturated carbocycles. The molecule has 0 heterocycles. The lowest BCUT2D eigenvalue weighted by molar-refractivity contribution is -0.132. The van der Waals surface area contributed by atoms with Gasteiger partial charge >= 0.3 is 0 Å². The summed E-state index contributed by atoms with van der Waals surface area (Å²) in [6, 6.07) is 0.266. The van der Waals surface area contributed by atoms with Gasteiger partial charge in [-0.05, 0) is 49.9 Å². The lowest BCUT2D eigenvalue weighted by Gasteiger charge is -2.57. The summed E-state index contributed by atoms with van der Waals surface area (Å²) >= 11 is 3.33. The van der Waals surface area contributed by atoms with Gasteiger partial charge in [-0.25, -0.2) is 0 Å². The molecule has 18 heavy (non-hydrogen) atoms. The molecule has 0 aromatic rings. The molecule has 100 valence electrons. The minimum atomic E-state index is -0.410. The highest BCUT2D eigenvalue weighted by Crippen LogP contribution is 2.56. The molecule has 4 rings (SSSR count). The number of nitrogens with zero attached hydrogens (tertiary/aromatic N) is 1. The van der Waals surface area contributed by atoms with E-state index in [1.165, 1.54) is 19.1 Å². The second-order valence-electron chi connectivity index (χ2n) is 6.31. The third kappa shape index (κ3) is 2.01. The average molecular weight is 314 g/mol. The van der Waals surface area contributed by atoms with E-state index in [0.29, 0.717) is 23.6 Å². The summed E-state index contributed by atoms with van der Waals surface area (Å²) in [4.78, 5) is 4.41. The van der Waals surface area contributed by atoms with Crippen molar-refractivity contribution >= 4 is 28.0 Å². The van der Waals surface area contributed by atoms with E-state index < -0.39 is 5.60 Å². The predicted octanol–water partition coefficient (Wildman–Crippen LogP) is 1.70. The Morgan fingerprint density at radius 2 is 2.00 bits per heavy atom. The first-order valence-electron chi connectivity index (χ1n) is 6.71. The van der Waals surface area contributed by atoms with Crippen molar-refractivity contribution in [2.75, 3.05) is 0 Å². The first-order chi connectivity index (χ1) is 8.50. The van der Waals surface area contributed by atoms with Crippen molar-refractivity contribution in [2.45, 2.75) is 48.6 Å². The fourth-order valence-corrected chi connectivity index (χ4v) is 4.61. The monoisotopic (exact) mass is 313 g/mol. The molecule has 4 aliphatic rings. The Labute approximate surface area is 116 Å². The third-order valence-corrected chi connectivity index (χ3v) is 5.65. The van der Waals surface area contributed by atoms with Crippen LogP contribution in [0, 0.1) is 23.2 Å². The van der Waals surface area contributed by atoms with Gasteiger partial charge in [0.25, 0.3) is 0 Å². The van der Waals surface area contributed by atoms with Crippen LogP contribution < -0.4 is 5.73 Å². The minimum Gasteiger partial charge on any atom is -0.390 e. The lowest BCUT2D eigenvalue weighted by atomic mass is 9.52. The van der Waals surface area contributed by atoms with Gasteiger partial charge < -0.3 is 16.2 Å². The highest BCUT2D eigenvalue weighted by Gasteiger charge is 2.54. The first-order valence-corrected chi connectivity index (χ1v) is 7.62. The highest BCUT2D eigenvalue weighted by atomic mass is 79.9. The summed E-state index contributed by atoms with van der Waals surface area (Å²) in [6.07, 6.45) is 6.42. The number of rotatable bonds is 3. The Morgan fingerprint density at radius 3 is 2.50 bits per heavy atom. The minimum absolute atomic E-state index is 0.252. The van der Waals surface area contributed by atoms with Gasteiger partial charge in [-0.3, -0.25) is 4.99 Å². The van der Waals surface area contributed by atoms with Gasteiger partial charge in [0.2, 0.25) is 0 Å². The maximum atomic E-state index is 10.5. The molecule has 0 aliphatic heterocycles. The predicted molar refractivity (Wildman–Crippen MR) is 75.4 cm³/mol. The molecular weight excluding hydrogens is 294 g/mol. The summed E-state index contributed by atoms with van der Waals surface area (Å²) in [5.74, 6) is 2.19. The van der Waals surface area contributed by atoms with Gasteiger partial charge in [0.15, 0.2) is 0 Å². The van der Waals surface area contributed by atoms with E-state index in [4.69, 9.17) is 11.1 Å². The fourth-order valence-electron chi connectivity index (χ4n) is 4.49. The van der Waals surface area contributed by atoms with Gasteiger partial charge in [-0.1, -0.05) is 15.9 Å². The van der Waals surface area contributed by atoms with Crippen LogP contribution >= 0.6 is 15.9 Å². The summed E-state index contributed by atoms with van der Waals surface area (Å²) in [5, 5.41) is 17.7. The number of nitrogens with two attached hydrogens (primary N) is 1. The quantitative estimate of drug-likeness (QED) is 0.421. The van der Waals surface area contributed by atoms with Crippen molar-refractivity contribution in [1.82, 2.24) is 0 Å². The van der Waals surface area contributed by atoms with Crippen LogP contribution in [0.3, 0.4) is 0 Å². The van der Waals surface area contributed by atoms with Crippen LogP contribution in [0.5, 0.6) is 0 Å². The number of aliphatic imine (C=N–C) groups is 1. The molecular formula is C13H20BrN3O. The Morgan fingerprint density at radius 1 is 1.39 bits per heavy atom. The molecule has 5 heteroatoms. The van der Waals surface area contributed by atoms with Crippen LogP contribution in [0.25, 0.3) is 0 Å². The van der Waals surface area contributed by atoms with Crippen LogP contribution in [-0.2, 0) is 0 Å². The Balaban J connectivity index is 1.81. The van der Waals surface area contributed by atoms with Gasteiger partial charge in [0.1, 0.15) is 10.7 Å². The number of aliphatic hydroxyl groups is 1. The molecule has 4 nitrogen and oxygen atoms in total. The molecule has 0 amide bonds. The van der Waals surface area contributed by atoms with E-state index in [0.717, 1.165) is 19.3 Å². The highest BCUT2D eigenvalue weighted by molar-refractivity contribution is 9.10. The molecule has 0 aromatic carbocycles. The van der Waals surface area contributed by atoms with Crippen molar-refractivity contribution in [2.24, 2.45) is 28.5 Å². The van der Waals surface area contributed by atoms with Gasteiger partial charge in [-0.2, -0.15) is 0 Å². The zero-order valence-electron chi connectivity index (χ0n) is 10.3. The van der Waals surface area contributed by atoms with Crippen molar-refractivity contribution < 1.29 is 5.11 Å².